The van der Waals surface area contributed by atoms with Gasteiger partial charge in [0.25, 0.3) is 0 Å². The van der Waals surface area contributed by atoms with E-state index in [-0.39, 0.29) is 18.1 Å². The third kappa shape index (κ3) is 4.06. The number of carbonyl (C=O) groups excluding carboxylic acids is 1. The summed E-state index contributed by atoms with van der Waals surface area (Å²) in [6.45, 7) is 1.99. The van der Waals surface area contributed by atoms with E-state index in [0.717, 1.165) is 11.3 Å². The van der Waals surface area contributed by atoms with Crippen LogP contribution in [0.2, 0.25) is 0 Å². The third-order valence-corrected chi connectivity index (χ3v) is 3.00. The minimum atomic E-state index is -0.319. The Balaban J connectivity index is 1.91. The van der Waals surface area contributed by atoms with Crippen LogP contribution >= 0.6 is 11.8 Å². The molecule has 0 radical (unpaired) electrons. The number of nitrogens with zero attached hydrogens (tertiary/aromatic N) is 2. The normalized spacial score (nSPS) is 10.4. The van der Waals surface area contributed by atoms with E-state index >= 15 is 0 Å². The van der Waals surface area contributed by atoms with Gasteiger partial charge in [-0.25, -0.2) is 9.49 Å². The van der Waals surface area contributed by atoms with E-state index in [1.165, 1.54) is 23.9 Å². The van der Waals surface area contributed by atoms with E-state index in [9.17, 15) is 9.18 Å². The molecule has 0 saturated heterocycles. The molecule has 5 nitrogen and oxygen atoms in total. The first-order valence-corrected chi connectivity index (χ1v) is 6.75. The summed E-state index contributed by atoms with van der Waals surface area (Å²) < 4.78 is 12.7. The second-order valence-corrected chi connectivity index (χ2v) is 4.98. The Morgan fingerprint density at radius 1 is 1.42 bits per heavy atom. The average Bonchev–Trinajstić information content (AvgIpc) is 2.80. The predicted octanol–water partition coefficient (Wildman–Crippen LogP) is 2.24. The van der Waals surface area contributed by atoms with Gasteiger partial charge in [-0.2, -0.15) is 4.98 Å². The Bertz CT molecular complexity index is 555. The number of nitrogens with one attached hydrogen (secondary N) is 2. The molecule has 0 bridgehead atoms. The molecule has 1 amide bonds. The van der Waals surface area contributed by atoms with Crippen molar-refractivity contribution in [2.24, 2.45) is 0 Å². The van der Waals surface area contributed by atoms with Gasteiger partial charge >= 0.3 is 0 Å². The summed E-state index contributed by atoms with van der Waals surface area (Å²) in [7, 11) is 0. The molecule has 1 heterocycles. The minimum Gasteiger partial charge on any atom is -0.295 e. The number of aromatic amines is 1. The van der Waals surface area contributed by atoms with E-state index in [1.54, 1.807) is 12.1 Å². The monoisotopic (exact) mass is 280 g/mol. The number of carbonyl (C=O) groups is 1. The van der Waals surface area contributed by atoms with Crippen molar-refractivity contribution in [2.45, 2.75) is 18.5 Å². The van der Waals surface area contributed by atoms with Crippen molar-refractivity contribution in [3.05, 3.63) is 35.6 Å². The maximum absolute atomic E-state index is 12.7. The zero-order chi connectivity index (χ0) is 13.7. The maximum atomic E-state index is 12.7. The molecular formula is C12H13FN4OS. The van der Waals surface area contributed by atoms with Crippen molar-refractivity contribution >= 4 is 23.6 Å². The Kier molecular flexibility index (Phi) is 4.51. The molecule has 7 heteroatoms. The number of benzene rings is 1. The fraction of sp³-hybridized carbons (Fsp3) is 0.250. The predicted molar refractivity (Wildman–Crippen MR) is 71.5 cm³/mol. The number of aromatic nitrogens is 3. The Hall–Kier alpha value is -1.89. The first-order valence-electron chi connectivity index (χ1n) is 5.77. The largest absolute Gasteiger partial charge is 0.295 e. The van der Waals surface area contributed by atoms with Crippen LogP contribution in [0.5, 0.6) is 0 Å². The van der Waals surface area contributed by atoms with Crippen LogP contribution in [0.25, 0.3) is 0 Å². The van der Waals surface area contributed by atoms with E-state index < -0.39 is 0 Å². The number of hydrogen-bond donors (Lipinski definition) is 2. The van der Waals surface area contributed by atoms with Crippen LogP contribution in [0.15, 0.2) is 29.4 Å². The molecular weight excluding hydrogens is 267 g/mol. The lowest BCUT2D eigenvalue weighted by molar-refractivity contribution is -0.115. The Morgan fingerprint density at radius 3 is 2.84 bits per heavy atom. The van der Waals surface area contributed by atoms with Crippen LogP contribution in [-0.2, 0) is 11.2 Å². The van der Waals surface area contributed by atoms with Crippen molar-refractivity contribution in [3.63, 3.8) is 0 Å². The second-order valence-electron chi connectivity index (χ2n) is 3.75. The van der Waals surface area contributed by atoms with Crippen molar-refractivity contribution in [2.75, 3.05) is 11.1 Å². The fourth-order valence-electron chi connectivity index (χ4n) is 1.46. The Morgan fingerprint density at radius 2 is 2.16 bits per heavy atom. The standard InChI is InChI=1S/C12H13FN4OS/c1-2-19-12-15-11(16-17-12)14-10(18)7-8-3-5-9(13)6-4-8/h3-6H,2,7H2,1H3,(H2,14,15,16,17,18). The topological polar surface area (TPSA) is 70.7 Å². The van der Waals surface area contributed by atoms with Crippen LogP contribution < -0.4 is 5.32 Å². The Labute approximate surface area is 114 Å². The van der Waals surface area contributed by atoms with Gasteiger partial charge < -0.3 is 0 Å². The summed E-state index contributed by atoms with van der Waals surface area (Å²) >= 11 is 1.48. The lowest BCUT2D eigenvalue weighted by atomic mass is 10.1. The van der Waals surface area contributed by atoms with Crippen LogP contribution in [0, 0.1) is 5.82 Å². The highest BCUT2D eigenvalue weighted by molar-refractivity contribution is 7.99. The van der Waals surface area contributed by atoms with Crippen LogP contribution in [-0.4, -0.2) is 26.8 Å². The number of H-pyrrole nitrogens is 1. The van der Waals surface area contributed by atoms with Crippen molar-refractivity contribution in [3.8, 4) is 0 Å². The second kappa shape index (κ2) is 6.33. The molecule has 0 fully saturated rings. The molecule has 2 rings (SSSR count). The van der Waals surface area contributed by atoms with E-state index in [4.69, 9.17) is 0 Å². The van der Waals surface area contributed by atoms with Gasteiger partial charge in [-0.15, -0.1) is 5.10 Å². The summed E-state index contributed by atoms with van der Waals surface area (Å²) in [5, 5.41) is 9.79. The van der Waals surface area contributed by atoms with E-state index in [0.29, 0.717) is 11.1 Å². The first-order chi connectivity index (χ1) is 9.17. The molecule has 0 aliphatic heterocycles. The SMILES string of the molecule is CCSc1n[nH]c(NC(=O)Cc2ccc(F)cc2)n1. The molecule has 0 spiro atoms. The highest BCUT2D eigenvalue weighted by Crippen LogP contribution is 2.13. The lowest BCUT2D eigenvalue weighted by Gasteiger charge is -2.01. The van der Waals surface area contributed by atoms with E-state index in [1.807, 2.05) is 6.92 Å². The summed E-state index contributed by atoms with van der Waals surface area (Å²) in [5.74, 6) is 0.639. The molecule has 0 saturated carbocycles. The molecule has 0 atom stereocenters. The molecule has 1 aromatic carbocycles. The molecule has 2 N–H and O–H groups in total. The van der Waals surface area contributed by atoms with Gasteiger partial charge in [0.15, 0.2) is 0 Å². The molecule has 100 valence electrons. The quantitative estimate of drug-likeness (QED) is 0.824. The molecule has 19 heavy (non-hydrogen) atoms. The van der Waals surface area contributed by atoms with E-state index in [2.05, 4.69) is 20.5 Å². The van der Waals surface area contributed by atoms with Gasteiger partial charge in [-0.3, -0.25) is 10.1 Å². The van der Waals surface area contributed by atoms with Crippen molar-refractivity contribution < 1.29 is 9.18 Å². The highest BCUT2D eigenvalue weighted by Gasteiger charge is 2.08. The number of hydrogen-bond acceptors (Lipinski definition) is 4. The zero-order valence-corrected chi connectivity index (χ0v) is 11.1. The number of thioether (sulfide) groups is 1. The number of anilines is 1. The van der Waals surface area contributed by atoms with Crippen molar-refractivity contribution in [1.82, 2.24) is 15.2 Å². The van der Waals surface area contributed by atoms with Crippen LogP contribution in [0.4, 0.5) is 10.3 Å². The van der Waals surface area contributed by atoms with Crippen LogP contribution in [0.1, 0.15) is 12.5 Å². The van der Waals surface area contributed by atoms with Gasteiger partial charge in [-0.1, -0.05) is 30.8 Å². The summed E-state index contributed by atoms with van der Waals surface area (Å²) in [6.07, 6.45) is 0.164. The highest BCUT2D eigenvalue weighted by atomic mass is 32.2. The van der Waals surface area contributed by atoms with Gasteiger partial charge in [0.2, 0.25) is 17.0 Å². The molecule has 1 aromatic heterocycles. The van der Waals surface area contributed by atoms with Gasteiger partial charge in [-0.05, 0) is 23.4 Å². The van der Waals surface area contributed by atoms with Gasteiger partial charge in [0.05, 0.1) is 6.42 Å². The molecule has 0 aliphatic rings. The molecule has 0 unspecified atom stereocenters. The summed E-state index contributed by atoms with van der Waals surface area (Å²) in [6, 6.07) is 5.81. The number of amides is 1. The fourth-order valence-corrected chi connectivity index (χ4v) is 1.98. The first kappa shape index (κ1) is 13.5. The summed E-state index contributed by atoms with van der Waals surface area (Å²) in [5.41, 5.74) is 0.738. The molecule has 2 aromatic rings. The smallest absolute Gasteiger partial charge is 0.231 e. The van der Waals surface area contributed by atoms with Gasteiger partial charge in [0, 0.05) is 0 Å². The minimum absolute atomic E-state index is 0.164. The average molecular weight is 280 g/mol. The maximum Gasteiger partial charge on any atom is 0.231 e. The van der Waals surface area contributed by atoms with Crippen LogP contribution in [0.3, 0.4) is 0 Å². The molecule has 0 aliphatic carbocycles. The third-order valence-electron chi connectivity index (χ3n) is 2.27. The van der Waals surface area contributed by atoms with Gasteiger partial charge in [0.1, 0.15) is 5.82 Å². The number of halogens is 1. The zero-order valence-electron chi connectivity index (χ0n) is 10.3. The number of rotatable bonds is 5. The van der Waals surface area contributed by atoms with Crippen molar-refractivity contribution in [1.29, 1.82) is 0 Å². The summed E-state index contributed by atoms with van der Waals surface area (Å²) in [4.78, 5) is 15.8. The lowest BCUT2D eigenvalue weighted by Crippen LogP contribution is -2.15.